The lowest BCUT2D eigenvalue weighted by atomic mass is 9.89. The van der Waals surface area contributed by atoms with E-state index in [-0.39, 0.29) is 24.3 Å². The predicted molar refractivity (Wildman–Crippen MR) is 81.0 cm³/mol. The zero-order valence-electron chi connectivity index (χ0n) is 13.0. The van der Waals surface area contributed by atoms with Gasteiger partial charge < -0.3 is 15.3 Å². The molecular formula is C16H28N2O3. The molecular weight excluding hydrogens is 268 g/mol. The molecule has 1 saturated carbocycles. The van der Waals surface area contributed by atoms with Gasteiger partial charge in [0, 0.05) is 38.0 Å². The van der Waals surface area contributed by atoms with Gasteiger partial charge in [0.2, 0.25) is 5.91 Å². The molecule has 2 rings (SSSR count). The molecule has 0 radical (unpaired) electrons. The van der Waals surface area contributed by atoms with Gasteiger partial charge in [0.25, 0.3) is 0 Å². The number of carbonyl (C=O) groups is 2. The summed E-state index contributed by atoms with van der Waals surface area (Å²) in [6.07, 6.45) is 7.83. The Morgan fingerprint density at radius 2 is 1.86 bits per heavy atom. The maximum atomic E-state index is 12.0. The SMILES string of the molecule is CCC(=O)N1CC(CC(=O)O)CC(NC2CCCCC2)C1. The van der Waals surface area contributed by atoms with Crippen molar-refractivity contribution in [3.63, 3.8) is 0 Å². The van der Waals surface area contributed by atoms with Gasteiger partial charge in [0.1, 0.15) is 0 Å². The van der Waals surface area contributed by atoms with Gasteiger partial charge in [0.05, 0.1) is 0 Å². The van der Waals surface area contributed by atoms with Gasteiger partial charge in [-0.15, -0.1) is 0 Å². The third kappa shape index (κ3) is 4.99. The van der Waals surface area contributed by atoms with Crippen molar-refractivity contribution in [3.05, 3.63) is 0 Å². The van der Waals surface area contributed by atoms with E-state index in [0.717, 1.165) is 13.0 Å². The Morgan fingerprint density at radius 1 is 1.14 bits per heavy atom. The predicted octanol–water partition coefficient (Wildman–Crippen LogP) is 2.01. The average Bonchev–Trinajstić information content (AvgIpc) is 2.46. The topological polar surface area (TPSA) is 69.6 Å². The highest BCUT2D eigenvalue weighted by Crippen LogP contribution is 2.24. The smallest absolute Gasteiger partial charge is 0.303 e. The van der Waals surface area contributed by atoms with Crippen LogP contribution in [0.4, 0.5) is 0 Å². The first kappa shape index (κ1) is 16.3. The molecule has 2 fully saturated rings. The molecule has 120 valence electrons. The molecule has 5 nitrogen and oxygen atoms in total. The van der Waals surface area contributed by atoms with E-state index in [1.165, 1.54) is 32.1 Å². The van der Waals surface area contributed by atoms with Gasteiger partial charge in [-0.1, -0.05) is 26.2 Å². The number of nitrogens with one attached hydrogen (secondary N) is 1. The Labute approximate surface area is 127 Å². The Balaban J connectivity index is 1.94. The van der Waals surface area contributed by atoms with Crippen molar-refractivity contribution >= 4 is 11.9 Å². The van der Waals surface area contributed by atoms with Crippen LogP contribution >= 0.6 is 0 Å². The standard InChI is InChI=1S/C16H28N2O3/c1-2-15(19)18-10-12(9-16(20)21)8-14(11-18)17-13-6-4-3-5-7-13/h12-14,17H,2-11H2,1H3,(H,20,21). The van der Waals surface area contributed by atoms with Crippen LogP contribution in [0.5, 0.6) is 0 Å². The molecule has 0 aromatic heterocycles. The van der Waals surface area contributed by atoms with E-state index in [4.69, 9.17) is 5.11 Å². The highest BCUT2D eigenvalue weighted by atomic mass is 16.4. The van der Waals surface area contributed by atoms with E-state index in [1.807, 2.05) is 11.8 Å². The summed E-state index contributed by atoms with van der Waals surface area (Å²) in [5, 5.41) is 12.7. The van der Waals surface area contributed by atoms with E-state index in [2.05, 4.69) is 5.32 Å². The zero-order valence-corrected chi connectivity index (χ0v) is 13.0. The molecule has 0 aromatic carbocycles. The van der Waals surface area contributed by atoms with Gasteiger partial charge in [0.15, 0.2) is 0 Å². The second-order valence-corrected chi connectivity index (χ2v) is 6.55. The van der Waals surface area contributed by atoms with Crippen molar-refractivity contribution in [2.45, 2.75) is 70.4 Å². The average molecular weight is 296 g/mol. The fourth-order valence-corrected chi connectivity index (χ4v) is 3.75. The summed E-state index contributed by atoms with van der Waals surface area (Å²) in [7, 11) is 0. The normalized spacial score (nSPS) is 27.6. The van der Waals surface area contributed by atoms with Crippen LogP contribution in [0.15, 0.2) is 0 Å². The molecule has 0 spiro atoms. The van der Waals surface area contributed by atoms with Crippen LogP contribution in [0.2, 0.25) is 0 Å². The molecule has 2 unspecified atom stereocenters. The van der Waals surface area contributed by atoms with Crippen LogP contribution in [-0.4, -0.2) is 47.1 Å². The summed E-state index contributed by atoms with van der Waals surface area (Å²) in [6.45, 7) is 3.20. The number of nitrogens with zero attached hydrogens (tertiary/aromatic N) is 1. The fourth-order valence-electron chi connectivity index (χ4n) is 3.75. The number of carboxylic acid groups (broad SMARTS) is 1. The third-order valence-corrected chi connectivity index (χ3v) is 4.73. The molecule has 0 bridgehead atoms. The van der Waals surface area contributed by atoms with Crippen molar-refractivity contribution in [1.82, 2.24) is 10.2 Å². The lowest BCUT2D eigenvalue weighted by Gasteiger charge is -2.40. The lowest BCUT2D eigenvalue weighted by Crippen LogP contribution is -2.53. The quantitative estimate of drug-likeness (QED) is 0.814. The fraction of sp³-hybridized carbons (Fsp3) is 0.875. The van der Waals surface area contributed by atoms with E-state index in [0.29, 0.717) is 19.0 Å². The van der Waals surface area contributed by atoms with Gasteiger partial charge in [-0.2, -0.15) is 0 Å². The number of aliphatic carboxylic acids is 1. The maximum Gasteiger partial charge on any atom is 0.303 e. The van der Waals surface area contributed by atoms with Crippen LogP contribution in [0.1, 0.15) is 58.3 Å². The number of likely N-dealkylation sites (tertiary alicyclic amines) is 1. The summed E-state index contributed by atoms with van der Waals surface area (Å²) in [4.78, 5) is 24.8. The Kier molecular flexibility index (Phi) is 6.03. The zero-order chi connectivity index (χ0) is 15.2. The number of piperidine rings is 1. The minimum atomic E-state index is -0.762. The highest BCUT2D eigenvalue weighted by molar-refractivity contribution is 5.76. The molecule has 2 N–H and O–H groups in total. The van der Waals surface area contributed by atoms with E-state index >= 15 is 0 Å². The summed E-state index contributed by atoms with van der Waals surface area (Å²) >= 11 is 0. The minimum absolute atomic E-state index is 0.0767. The minimum Gasteiger partial charge on any atom is -0.481 e. The number of amides is 1. The van der Waals surface area contributed by atoms with Gasteiger partial charge in [-0.05, 0) is 25.2 Å². The van der Waals surface area contributed by atoms with E-state index in [1.54, 1.807) is 0 Å². The van der Waals surface area contributed by atoms with Crippen LogP contribution in [0, 0.1) is 5.92 Å². The summed E-state index contributed by atoms with van der Waals surface area (Å²) < 4.78 is 0. The number of carbonyl (C=O) groups excluding carboxylic acids is 1. The van der Waals surface area contributed by atoms with Crippen molar-refractivity contribution in [3.8, 4) is 0 Å². The molecule has 2 atom stereocenters. The van der Waals surface area contributed by atoms with Crippen LogP contribution in [0.3, 0.4) is 0 Å². The largest absolute Gasteiger partial charge is 0.481 e. The lowest BCUT2D eigenvalue weighted by molar-refractivity contribution is -0.141. The molecule has 2 aliphatic rings. The van der Waals surface area contributed by atoms with E-state index in [9.17, 15) is 9.59 Å². The van der Waals surface area contributed by atoms with Gasteiger partial charge in [-0.25, -0.2) is 0 Å². The van der Waals surface area contributed by atoms with Crippen LogP contribution < -0.4 is 5.32 Å². The Bertz CT molecular complexity index is 367. The van der Waals surface area contributed by atoms with Gasteiger partial charge in [-0.3, -0.25) is 9.59 Å². The van der Waals surface area contributed by atoms with Crippen molar-refractivity contribution < 1.29 is 14.7 Å². The molecule has 5 heteroatoms. The molecule has 1 heterocycles. The van der Waals surface area contributed by atoms with Crippen molar-refractivity contribution in [2.24, 2.45) is 5.92 Å². The number of hydrogen-bond acceptors (Lipinski definition) is 3. The first-order valence-electron chi connectivity index (χ1n) is 8.34. The molecule has 1 amide bonds. The summed E-state index contributed by atoms with van der Waals surface area (Å²) in [6, 6.07) is 0.799. The Morgan fingerprint density at radius 3 is 2.48 bits per heavy atom. The third-order valence-electron chi connectivity index (χ3n) is 4.73. The highest BCUT2D eigenvalue weighted by Gasteiger charge is 2.31. The number of rotatable bonds is 5. The molecule has 1 saturated heterocycles. The summed E-state index contributed by atoms with van der Waals surface area (Å²) in [5.74, 6) is -0.546. The first-order chi connectivity index (χ1) is 10.1. The Hall–Kier alpha value is -1.10. The monoisotopic (exact) mass is 296 g/mol. The van der Waals surface area contributed by atoms with Crippen molar-refractivity contribution in [1.29, 1.82) is 0 Å². The molecule has 0 aromatic rings. The summed E-state index contributed by atoms with van der Waals surface area (Å²) in [5.41, 5.74) is 0. The van der Waals surface area contributed by atoms with Gasteiger partial charge >= 0.3 is 5.97 Å². The second-order valence-electron chi connectivity index (χ2n) is 6.55. The second kappa shape index (κ2) is 7.78. The maximum absolute atomic E-state index is 12.0. The first-order valence-corrected chi connectivity index (χ1v) is 8.34. The van der Waals surface area contributed by atoms with Crippen LogP contribution in [-0.2, 0) is 9.59 Å². The number of carboxylic acids is 1. The van der Waals surface area contributed by atoms with E-state index < -0.39 is 5.97 Å². The van der Waals surface area contributed by atoms with Crippen LogP contribution in [0.25, 0.3) is 0 Å². The van der Waals surface area contributed by atoms with Crippen molar-refractivity contribution in [2.75, 3.05) is 13.1 Å². The molecule has 21 heavy (non-hydrogen) atoms. The molecule has 1 aliphatic heterocycles. The molecule has 1 aliphatic carbocycles. The number of hydrogen-bond donors (Lipinski definition) is 2.